The minimum Gasteiger partial charge on any atom is -0.490 e. The summed E-state index contributed by atoms with van der Waals surface area (Å²) in [6, 6.07) is 9.75. The van der Waals surface area contributed by atoms with Gasteiger partial charge in [0, 0.05) is 5.39 Å². The van der Waals surface area contributed by atoms with Crippen LogP contribution in [0.3, 0.4) is 0 Å². The van der Waals surface area contributed by atoms with Gasteiger partial charge in [0.2, 0.25) is 0 Å². The molecule has 0 saturated carbocycles. The average Bonchev–Trinajstić information content (AvgIpc) is 2.26. The van der Waals surface area contributed by atoms with Gasteiger partial charge in [-0.15, -0.1) is 0 Å². The number of aromatic nitrogens is 1. The van der Waals surface area contributed by atoms with Gasteiger partial charge >= 0.3 is 0 Å². The zero-order chi connectivity index (χ0) is 9.80. The van der Waals surface area contributed by atoms with Crippen LogP contribution in [0, 0.1) is 0 Å². The van der Waals surface area contributed by atoms with Gasteiger partial charge in [-0.3, -0.25) is 4.98 Å². The number of hydrogen-bond donors (Lipinski definition) is 1. The Bertz CT molecular complexity index is 428. The van der Waals surface area contributed by atoms with Crippen molar-refractivity contribution in [2.45, 2.75) is 0 Å². The molecule has 3 nitrogen and oxygen atoms in total. The van der Waals surface area contributed by atoms with Gasteiger partial charge in [-0.1, -0.05) is 18.2 Å². The van der Waals surface area contributed by atoms with Gasteiger partial charge < -0.3 is 9.84 Å². The van der Waals surface area contributed by atoms with Gasteiger partial charge in [-0.05, 0) is 12.1 Å². The van der Waals surface area contributed by atoms with E-state index in [2.05, 4.69) is 4.98 Å². The van der Waals surface area contributed by atoms with Crippen LogP contribution in [0.2, 0.25) is 0 Å². The highest BCUT2D eigenvalue weighted by Crippen LogP contribution is 2.17. The maximum Gasteiger partial charge on any atom is 0.138 e. The van der Waals surface area contributed by atoms with Gasteiger partial charge in [0.15, 0.2) is 0 Å². The molecule has 0 unspecified atom stereocenters. The number of para-hydroxylation sites is 1. The van der Waals surface area contributed by atoms with Crippen LogP contribution in [0.25, 0.3) is 10.9 Å². The van der Waals surface area contributed by atoms with Crippen molar-refractivity contribution < 1.29 is 9.84 Å². The van der Waals surface area contributed by atoms with Gasteiger partial charge in [0.25, 0.3) is 0 Å². The Balaban J connectivity index is 2.32. The highest BCUT2D eigenvalue weighted by Gasteiger charge is 1.96. The second-order valence-corrected chi connectivity index (χ2v) is 2.94. The van der Waals surface area contributed by atoms with E-state index in [1.54, 1.807) is 6.20 Å². The van der Waals surface area contributed by atoms with E-state index in [4.69, 9.17) is 9.84 Å². The minimum atomic E-state index is 0.0207. The Hall–Kier alpha value is -1.61. The molecule has 3 heteroatoms. The molecule has 0 spiro atoms. The molecule has 2 aromatic rings. The van der Waals surface area contributed by atoms with Crippen molar-refractivity contribution in [2.24, 2.45) is 0 Å². The van der Waals surface area contributed by atoms with Crippen LogP contribution >= 0.6 is 0 Å². The van der Waals surface area contributed by atoms with Gasteiger partial charge in [-0.25, -0.2) is 0 Å². The van der Waals surface area contributed by atoms with E-state index in [0.717, 1.165) is 10.9 Å². The molecule has 1 aromatic carbocycles. The molecule has 0 aliphatic heterocycles. The Kier molecular flexibility index (Phi) is 2.60. The maximum absolute atomic E-state index is 8.60. The van der Waals surface area contributed by atoms with Crippen LogP contribution in [0.15, 0.2) is 36.5 Å². The highest BCUT2D eigenvalue weighted by atomic mass is 16.5. The van der Waals surface area contributed by atoms with Gasteiger partial charge in [0.1, 0.15) is 12.4 Å². The number of nitrogens with zero attached hydrogens (tertiary/aromatic N) is 1. The largest absolute Gasteiger partial charge is 0.490 e. The van der Waals surface area contributed by atoms with E-state index in [1.807, 2.05) is 30.3 Å². The molecule has 0 bridgehead atoms. The topological polar surface area (TPSA) is 42.4 Å². The Morgan fingerprint density at radius 3 is 3.00 bits per heavy atom. The van der Waals surface area contributed by atoms with Crippen molar-refractivity contribution >= 4 is 10.9 Å². The standard InChI is InChI=1S/C11H11NO2/c13-5-6-14-10-7-9-3-1-2-4-11(9)12-8-10/h1-4,7-8,13H,5-6H2. The molecule has 0 saturated heterocycles. The lowest BCUT2D eigenvalue weighted by Gasteiger charge is -2.04. The van der Waals surface area contributed by atoms with Crippen LogP contribution in [0.5, 0.6) is 5.75 Å². The van der Waals surface area contributed by atoms with Crippen molar-refractivity contribution in [2.75, 3.05) is 13.2 Å². The summed E-state index contributed by atoms with van der Waals surface area (Å²) in [7, 11) is 0. The van der Waals surface area contributed by atoms with Crippen LogP contribution in [0.4, 0.5) is 0 Å². The van der Waals surface area contributed by atoms with Crippen molar-refractivity contribution in [3.8, 4) is 5.75 Å². The third kappa shape index (κ3) is 1.83. The Morgan fingerprint density at radius 2 is 2.14 bits per heavy atom. The third-order valence-corrected chi connectivity index (χ3v) is 1.93. The number of hydrogen-bond acceptors (Lipinski definition) is 3. The predicted octanol–water partition coefficient (Wildman–Crippen LogP) is 1.61. The number of ether oxygens (including phenoxy) is 1. The second kappa shape index (κ2) is 4.07. The number of pyridine rings is 1. The molecule has 0 aliphatic rings. The van der Waals surface area contributed by atoms with Gasteiger partial charge in [0.05, 0.1) is 18.3 Å². The van der Waals surface area contributed by atoms with Crippen LogP contribution < -0.4 is 4.74 Å². The zero-order valence-electron chi connectivity index (χ0n) is 7.68. The number of aliphatic hydroxyl groups excluding tert-OH is 1. The Labute approximate surface area is 82.0 Å². The normalized spacial score (nSPS) is 10.4. The molecule has 0 fully saturated rings. The number of rotatable bonds is 3. The zero-order valence-corrected chi connectivity index (χ0v) is 7.68. The molecule has 1 N–H and O–H groups in total. The highest BCUT2D eigenvalue weighted by molar-refractivity contribution is 5.79. The lowest BCUT2D eigenvalue weighted by Crippen LogP contribution is -2.01. The molecule has 14 heavy (non-hydrogen) atoms. The fraction of sp³-hybridized carbons (Fsp3) is 0.182. The first-order valence-electron chi connectivity index (χ1n) is 4.48. The average molecular weight is 189 g/mol. The lowest BCUT2D eigenvalue weighted by molar-refractivity contribution is 0.201. The fourth-order valence-corrected chi connectivity index (χ4v) is 1.29. The van der Waals surface area contributed by atoms with E-state index in [9.17, 15) is 0 Å². The monoisotopic (exact) mass is 189 g/mol. The summed E-state index contributed by atoms with van der Waals surface area (Å²) in [5.41, 5.74) is 0.948. The second-order valence-electron chi connectivity index (χ2n) is 2.94. The smallest absolute Gasteiger partial charge is 0.138 e. The molecule has 2 rings (SSSR count). The summed E-state index contributed by atoms with van der Waals surface area (Å²) in [6.07, 6.45) is 1.66. The maximum atomic E-state index is 8.60. The molecule has 72 valence electrons. The molecule has 1 heterocycles. The summed E-state index contributed by atoms with van der Waals surface area (Å²) in [6.45, 7) is 0.326. The third-order valence-electron chi connectivity index (χ3n) is 1.93. The van der Waals surface area contributed by atoms with E-state index in [-0.39, 0.29) is 6.61 Å². The number of fused-ring (bicyclic) bond motifs is 1. The van der Waals surface area contributed by atoms with Crippen LogP contribution in [-0.4, -0.2) is 23.3 Å². The summed E-state index contributed by atoms with van der Waals surface area (Å²) >= 11 is 0. The van der Waals surface area contributed by atoms with Crippen LogP contribution in [0.1, 0.15) is 0 Å². The molecule has 1 aromatic heterocycles. The lowest BCUT2D eigenvalue weighted by atomic mass is 10.2. The van der Waals surface area contributed by atoms with E-state index in [1.165, 1.54) is 0 Å². The summed E-state index contributed by atoms with van der Waals surface area (Å²) in [5.74, 6) is 0.692. The van der Waals surface area contributed by atoms with Gasteiger partial charge in [-0.2, -0.15) is 0 Å². The van der Waals surface area contributed by atoms with E-state index in [0.29, 0.717) is 12.4 Å². The number of aliphatic hydroxyl groups is 1. The minimum absolute atomic E-state index is 0.0207. The molecule has 0 amide bonds. The summed E-state index contributed by atoms with van der Waals surface area (Å²) in [4.78, 5) is 4.23. The summed E-state index contributed by atoms with van der Waals surface area (Å²) in [5, 5.41) is 9.64. The molecule has 0 aliphatic carbocycles. The first-order chi connectivity index (χ1) is 6.90. The van der Waals surface area contributed by atoms with Crippen molar-refractivity contribution in [3.63, 3.8) is 0 Å². The SMILES string of the molecule is OCCOc1cnc2ccccc2c1. The molecular weight excluding hydrogens is 178 g/mol. The number of benzene rings is 1. The van der Waals surface area contributed by atoms with Crippen LogP contribution in [-0.2, 0) is 0 Å². The van der Waals surface area contributed by atoms with Crippen molar-refractivity contribution in [3.05, 3.63) is 36.5 Å². The van der Waals surface area contributed by atoms with E-state index < -0.39 is 0 Å². The molecule has 0 atom stereocenters. The first kappa shape index (κ1) is 8.97. The van der Waals surface area contributed by atoms with Crippen molar-refractivity contribution in [1.29, 1.82) is 0 Å². The predicted molar refractivity (Wildman–Crippen MR) is 54.3 cm³/mol. The summed E-state index contributed by atoms with van der Waals surface area (Å²) < 4.78 is 5.25. The molecular formula is C11H11NO2. The van der Waals surface area contributed by atoms with Crippen molar-refractivity contribution in [1.82, 2.24) is 4.98 Å². The Morgan fingerprint density at radius 1 is 1.29 bits per heavy atom. The fourth-order valence-electron chi connectivity index (χ4n) is 1.29. The molecule has 0 radical (unpaired) electrons. The first-order valence-corrected chi connectivity index (χ1v) is 4.48. The van der Waals surface area contributed by atoms with E-state index >= 15 is 0 Å². The quantitative estimate of drug-likeness (QED) is 0.797.